The molecule has 2 heterocycles. The maximum Gasteiger partial charge on any atom is 0.267 e. The van der Waals surface area contributed by atoms with E-state index in [1.165, 1.54) is 11.8 Å². The molecule has 0 spiro atoms. The number of aromatic nitrogens is 4. The van der Waals surface area contributed by atoms with E-state index in [9.17, 15) is 9.59 Å². The summed E-state index contributed by atoms with van der Waals surface area (Å²) in [5.41, 5.74) is 3.07. The van der Waals surface area contributed by atoms with Gasteiger partial charge in [-0.25, -0.2) is 4.57 Å². The number of Topliss-reactive ketones (excluding diaryl/α,β-unsaturated/α-hetero) is 1. The molecule has 2 aromatic heterocycles. The third kappa shape index (κ3) is 3.74. The zero-order chi connectivity index (χ0) is 22.9. The van der Waals surface area contributed by atoms with Crippen molar-refractivity contribution in [2.24, 2.45) is 0 Å². The fraction of sp³-hybridized carbons (Fsp3) is 0.154. The molecule has 6 nitrogen and oxygen atoms in total. The Morgan fingerprint density at radius 2 is 1.61 bits per heavy atom. The number of fused-ring (bicyclic) bond motifs is 3. The average molecular weight is 455 g/mol. The summed E-state index contributed by atoms with van der Waals surface area (Å²) in [7, 11) is 0. The molecule has 33 heavy (non-hydrogen) atoms. The summed E-state index contributed by atoms with van der Waals surface area (Å²) in [6.07, 6.45) is 0. The molecule has 0 aliphatic carbocycles. The van der Waals surface area contributed by atoms with Crippen LogP contribution in [0.25, 0.3) is 22.4 Å². The van der Waals surface area contributed by atoms with E-state index in [0.29, 0.717) is 21.9 Å². The van der Waals surface area contributed by atoms with E-state index >= 15 is 0 Å². The molecule has 3 aromatic carbocycles. The van der Waals surface area contributed by atoms with Crippen LogP contribution >= 0.6 is 11.8 Å². The fourth-order valence-corrected chi connectivity index (χ4v) is 4.84. The lowest BCUT2D eigenvalue weighted by Gasteiger charge is -2.16. The zero-order valence-electron chi connectivity index (χ0n) is 18.3. The average Bonchev–Trinajstić information content (AvgIpc) is 3.27. The Morgan fingerprint density at radius 3 is 2.39 bits per heavy atom. The highest BCUT2D eigenvalue weighted by atomic mass is 32.2. The summed E-state index contributed by atoms with van der Waals surface area (Å²) in [6, 6.07) is 24.5. The van der Waals surface area contributed by atoms with Gasteiger partial charge in [0.1, 0.15) is 0 Å². The molecule has 0 fully saturated rings. The van der Waals surface area contributed by atoms with Gasteiger partial charge in [0.15, 0.2) is 10.9 Å². The van der Waals surface area contributed by atoms with Crippen molar-refractivity contribution in [3.63, 3.8) is 0 Å². The molecule has 0 unspecified atom stereocenters. The van der Waals surface area contributed by atoms with Gasteiger partial charge in [0.05, 0.1) is 22.3 Å². The maximum absolute atomic E-state index is 13.6. The quantitative estimate of drug-likeness (QED) is 0.263. The van der Waals surface area contributed by atoms with Crippen LogP contribution in [0.4, 0.5) is 0 Å². The molecule has 5 aromatic rings. The van der Waals surface area contributed by atoms with Gasteiger partial charge in [0.2, 0.25) is 5.78 Å². The van der Waals surface area contributed by atoms with Gasteiger partial charge in [-0.3, -0.25) is 14.0 Å². The number of carbonyl (C=O) groups excluding carboxylic acids is 1. The van der Waals surface area contributed by atoms with Crippen molar-refractivity contribution in [3.05, 3.63) is 100 Å². The van der Waals surface area contributed by atoms with Gasteiger partial charge >= 0.3 is 0 Å². The van der Waals surface area contributed by atoms with Crippen LogP contribution in [0.15, 0.2) is 88.8 Å². The molecular formula is C26H22N4O2S. The van der Waals surface area contributed by atoms with Crippen molar-refractivity contribution in [3.8, 4) is 5.69 Å². The topological polar surface area (TPSA) is 69.3 Å². The standard InChI is InChI=1S/C26H22N4O2S/c1-17(2)19-12-6-8-14-21(19)29-24(32)20-13-7-9-15-22(20)30-25(29)27-28-26(30)33-16-23(31)18-10-4-3-5-11-18/h3-15,17H,16H2,1-2H3. The van der Waals surface area contributed by atoms with Gasteiger partial charge in [0.25, 0.3) is 5.56 Å². The molecule has 0 bridgehead atoms. The minimum Gasteiger partial charge on any atom is -0.293 e. The monoisotopic (exact) mass is 454 g/mol. The van der Waals surface area contributed by atoms with Gasteiger partial charge in [0, 0.05) is 5.56 Å². The maximum atomic E-state index is 13.6. The predicted molar refractivity (Wildman–Crippen MR) is 132 cm³/mol. The number of ketones is 1. The third-order valence-corrected chi connectivity index (χ3v) is 6.55. The Morgan fingerprint density at radius 1 is 0.909 bits per heavy atom. The summed E-state index contributed by atoms with van der Waals surface area (Å²) < 4.78 is 3.50. The van der Waals surface area contributed by atoms with Crippen molar-refractivity contribution in [1.82, 2.24) is 19.2 Å². The minimum atomic E-state index is -0.143. The first-order valence-electron chi connectivity index (χ1n) is 10.8. The number of nitrogens with zero attached hydrogens (tertiary/aromatic N) is 4. The van der Waals surface area contributed by atoms with Crippen LogP contribution < -0.4 is 5.56 Å². The number of hydrogen-bond acceptors (Lipinski definition) is 5. The van der Waals surface area contributed by atoms with Crippen LogP contribution in [0.3, 0.4) is 0 Å². The summed E-state index contributed by atoms with van der Waals surface area (Å²) in [5, 5.41) is 9.92. The second kappa shape index (κ2) is 8.67. The van der Waals surface area contributed by atoms with Crippen LogP contribution in [0, 0.1) is 0 Å². The van der Waals surface area contributed by atoms with E-state index in [4.69, 9.17) is 0 Å². The largest absolute Gasteiger partial charge is 0.293 e. The highest BCUT2D eigenvalue weighted by molar-refractivity contribution is 7.99. The Hall–Kier alpha value is -3.71. The molecule has 0 radical (unpaired) electrons. The molecule has 7 heteroatoms. The highest BCUT2D eigenvalue weighted by Gasteiger charge is 2.20. The first-order chi connectivity index (χ1) is 16.1. The molecule has 5 rings (SSSR count). The Bertz CT molecular complexity index is 1540. The minimum absolute atomic E-state index is 0.0140. The van der Waals surface area contributed by atoms with Crippen LogP contribution in [-0.2, 0) is 0 Å². The summed E-state index contributed by atoms with van der Waals surface area (Å²) in [6.45, 7) is 4.20. The van der Waals surface area contributed by atoms with Crippen LogP contribution in [0.1, 0.15) is 35.7 Å². The fourth-order valence-electron chi connectivity index (χ4n) is 4.01. The van der Waals surface area contributed by atoms with Gasteiger partial charge < -0.3 is 0 Å². The molecule has 0 saturated heterocycles. The van der Waals surface area contributed by atoms with Crippen molar-refractivity contribution >= 4 is 34.2 Å². The van der Waals surface area contributed by atoms with E-state index in [1.54, 1.807) is 16.7 Å². The van der Waals surface area contributed by atoms with E-state index in [2.05, 4.69) is 24.0 Å². The summed E-state index contributed by atoms with van der Waals surface area (Å²) in [4.78, 5) is 26.3. The van der Waals surface area contributed by atoms with E-state index < -0.39 is 0 Å². The number of rotatable bonds is 6. The van der Waals surface area contributed by atoms with Gasteiger partial charge in [-0.2, -0.15) is 0 Å². The lowest BCUT2D eigenvalue weighted by molar-refractivity contribution is 0.102. The van der Waals surface area contributed by atoms with Gasteiger partial charge in [-0.1, -0.05) is 86.3 Å². The van der Waals surface area contributed by atoms with E-state index in [-0.39, 0.29) is 23.0 Å². The third-order valence-electron chi connectivity index (χ3n) is 5.62. The zero-order valence-corrected chi connectivity index (χ0v) is 19.1. The Kier molecular flexibility index (Phi) is 5.56. The van der Waals surface area contributed by atoms with Crippen molar-refractivity contribution < 1.29 is 4.79 Å². The summed E-state index contributed by atoms with van der Waals surface area (Å²) >= 11 is 1.32. The molecule has 164 valence electrons. The van der Waals surface area contributed by atoms with Crippen LogP contribution in [0.2, 0.25) is 0 Å². The lowest BCUT2D eigenvalue weighted by atomic mass is 10.0. The number of para-hydroxylation sites is 2. The highest BCUT2D eigenvalue weighted by Crippen LogP contribution is 2.27. The second-order valence-electron chi connectivity index (χ2n) is 8.07. The Labute approximate surface area is 194 Å². The molecule has 0 aliphatic heterocycles. The lowest BCUT2D eigenvalue weighted by Crippen LogP contribution is -2.23. The SMILES string of the molecule is CC(C)c1ccccc1-n1c(=O)c2ccccc2n2c(SCC(=O)c3ccccc3)nnc12. The van der Waals surface area contributed by atoms with Crippen LogP contribution in [-0.4, -0.2) is 30.7 Å². The summed E-state index contributed by atoms with van der Waals surface area (Å²) in [5.74, 6) is 0.891. The first kappa shape index (κ1) is 21.2. The predicted octanol–water partition coefficient (Wildman–Crippen LogP) is 5.13. The molecule has 0 N–H and O–H groups in total. The van der Waals surface area contributed by atoms with E-state index in [1.807, 2.05) is 71.1 Å². The Balaban J connectivity index is 1.69. The molecule has 0 amide bonds. The van der Waals surface area contributed by atoms with E-state index in [0.717, 1.165) is 16.8 Å². The van der Waals surface area contributed by atoms with Crippen molar-refractivity contribution in [2.45, 2.75) is 24.9 Å². The smallest absolute Gasteiger partial charge is 0.267 e. The number of benzene rings is 3. The molecular weight excluding hydrogens is 432 g/mol. The van der Waals surface area contributed by atoms with Gasteiger partial charge in [-0.15, -0.1) is 10.2 Å². The van der Waals surface area contributed by atoms with Gasteiger partial charge in [-0.05, 0) is 29.7 Å². The number of carbonyl (C=O) groups is 1. The van der Waals surface area contributed by atoms with Crippen molar-refractivity contribution in [1.29, 1.82) is 0 Å². The molecule has 0 atom stereocenters. The second-order valence-corrected chi connectivity index (χ2v) is 9.01. The number of hydrogen-bond donors (Lipinski definition) is 0. The molecule has 0 saturated carbocycles. The van der Waals surface area contributed by atoms with Crippen molar-refractivity contribution in [2.75, 3.05) is 5.75 Å². The number of thioether (sulfide) groups is 1. The van der Waals surface area contributed by atoms with Crippen LogP contribution in [0.5, 0.6) is 0 Å². The first-order valence-corrected chi connectivity index (χ1v) is 11.7. The molecule has 0 aliphatic rings. The normalized spacial score (nSPS) is 11.5.